The van der Waals surface area contributed by atoms with Gasteiger partial charge in [-0.25, -0.2) is 9.78 Å². The smallest absolute Gasteiger partial charge is 0.317 e. The fourth-order valence-corrected chi connectivity index (χ4v) is 4.09. The molecule has 0 bridgehead atoms. The number of amides is 2. The number of fused-ring (bicyclic) bond motifs is 1. The minimum Gasteiger partial charge on any atom is -0.358 e. The van der Waals surface area contributed by atoms with E-state index in [1.54, 1.807) is 11.3 Å². The molecule has 1 aliphatic heterocycles. The molecule has 0 radical (unpaired) electrons. The Kier molecular flexibility index (Phi) is 4.44. The lowest BCUT2D eigenvalue weighted by molar-refractivity contribution is 0.180. The number of para-hydroxylation sites is 1. The third kappa shape index (κ3) is 3.54. The van der Waals surface area contributed by atoms with Crippen molar-refractivity contribution in [2.24, 2.45) is 0 Å². The van der Waals surface area contributed by atoms with Crippen molar-refractivity contribution in [3.63, 3.8) is 0 Å². The molecule has 5 nitrogen and oxygen atoms in total. The van der Waals surface area contributed by atoms with Gasteiger partial charge in [-0.15, -0.1) is 11.3 Å². The Morgan fingerprint density at radius 1 is 1.36 bits per heavy atom. The molecular weight excluding hydrogens is 332 g/mol. The lowest BCUT2D eigenvalue weighted by Crippen LogP contribution is -2.43. The maximum atomic E-state index is 12.3. The lowest BCUT2D eigenvalue weighted by Gasteiger charge is -2.31. The van der Waals surface area contributed by atoms with E-state index in [9.17, 15) is 4.79 Å². The van der Waals surface area contributed by atoms with Gasteiger partial charge in [0.1, 0.15) is 0 Å². The number of aromatic nitrogens is 2. The Bertz CT molecular complexity index is 843. The number of aromatic amines is 1. The van der Waals surface area contributed by atoms with Crippen LogP contribution >= 0.6 is 11.3 Å². The van der Waals surface area contributed by atoms with Crippen LogP contribution in [0.4, 0.5) is 4.79 Å². The normalized spacial score (nSPS) is 15.6. The van der Waals surface area contributed by atoms with Gasteiger partial charge in [-0.05, 0) is 37.3 Å². The van der Waals surface area contributed by atoms with E-state index in [1.165, 1.54) is 16.6 Å². The first-order valence-corrected chi connectivity index (χ1v) is 9.58. The topological polar surface area (TPSA) is 61.0 Å². The molecule has 3 aromatic rings. The molecule has 2 N–H and O–H groups in total. The molecular formula is C19H22N4OS. The van der Waals surface area contributed by atoms with Crippen molar-refractivity contribution in [2.75, 3.05) is 13.1 Å². The number of hydrogen-bond acceptors (Lipinski definition) is 3. The molecule has 3 heterocycles. The van der Waals surface area contributed by atoms with Gasteiger partial charge >= 0.3 is 6.03 Å². The number of urea groups is 1. The number of rotatable bonds is 3. The zero-order valence-corrected chi connectivity index (χ0v) is 15.1. The van der Waals surface area contributed by atoms with Crippen LogP contribution in [0.2, 0.25) is 0 Å². The lowest BCUT2D eigenvalue weighted by atomic mass is 9.94. The van der Waals surface area contributed by atoms with Crippen molar-refractivity contribution in [1.29, 1.82) is 0 Å². The number of nitrogens with one attached hydrogen (secondary N) is 2. The Hall–Kier alpha value is -2.34. The highest BCUT2D eigenvalue weighted by Gasteiger charge is 2.24. The van der Waals surface area contributed by atoms with Crippen LogP contribution in [0.5, 0.6) is 0 Å². The van der Waals surface area contributed by atoms with Crippen LogP contribution in [0, 0.1) is 6.92 Å². The third-order valence-electron chi connectivity index (χ3n) is 4.86. The van der Waals surface area contributed by atoms with E-state index >= 15 is 0 Å². The van der Waals surface area contributed by atoms with Crippen molar-refractivity contribution < 1.29 is 4.79 Å². The summed E-state index contributed by atoms with van der Waals surface area (Å²) >= 11 is 1.61. The number of hydrogen-bond donors (Lipinski definition) is 2. The highest BCUT2D eigenvalue weighted by Crippen LogP contribution is 2.29. The number of likely N-dealkylation sites (tertiary alicyclic amines) is 1. The van der Waals surface area contributed by atoms with Crippen molar-refractivity contribution in [1.82, 2.24) is 20.2 Å². The summed E-state index contributed by atoms with van der Waals surface area (Å²) in [6, 6.07) is 10.6. The van der Waals surface area contributed by atoms with Gasteiger partial charge in [0.15, 0.2) is 0 Å². The van der Waals surface area contributed by atoms with Crippen LogP contribution in [-0.4, -0.2) is 34.0 Å². The predicted molar refractivity (Wildman–Crippen MR) is 101 cm³/mol. The highest BCUT2D eigenvalue weighted by molar-refractivity contribution is 7.09. The number of H-pyrrole nitrogens is 1. The first-order valence-electron chi connectivity index (χ1n) is 8.70. The van der Waals surface area contributed by atoms with Crippen molar-refractivity contribution >= 4 is 28.3 Å². The molecule has 130 valence electrons. The molecule has 1 fully saturated rings. The van der Waals surface area contributed by atoms with E-state index in [0.29, 0.717) is 12.5 Å². The summed E-state index contributed by atoms with van der Waals surface area (Å²) in [6.45, 7) is 4.07. The monoisotopic (exact) mass is 354 g/mol. The van der Waals surface area contributed by atoms with Crippen molar-refractivity contribution in [2.45, 2.75) is 32.2 Å². The predicted octanol–water partition coefficient (Wildman–Crippen LogP) is 4.02. The molecule has 0 spiro atoms. The minimum atomic E-state index is 0.0146. The molecule has 1 aliphatic rings. The summed E-state index contributed by atoms with van der Waals surface area (Å²) in [6.07, 6.45) is 1.99. The maximum Gasteiger partial charge on any atom is 0.317 e. The van der Waals surface area contributed by atoms with E-state index in [1.807, 2.05) is 17.2 Å². The molecule has 0 unspecified atom stereocenters. The summed E-state index contributed by atoms with van der Waals surface area (Å²) in [7, 11) is 0. The van der Waals surface area contributed by atoms with E-state index in [4.69, 9.17) is 0 Å². The Labute approximate surface area is 151 Å². The quantitative estimate of drug-likeness (QED) is 0.746. The van der Waals surface area contributed by atoms with E-state index < -0.39 is 0 Å². The molecule has 25 heavy (non-hydrogen) atoms. The van der Waals surface area contributed by atoms with E-state index in [2.05, 4.69) is 45.6 Å². The minimum absolute atomic E-state index is 0.0146. The molecule has 1 saturated heterocycles. The Balaban J connectivity index is 1.32. The summed E-state index contributed by atoms with van der Waals surface area (Å²) in [4.78, 5) is 22.2. The first kappa shape index (κ1) is 16.1. The number of thiazole rings is 1. The summed E-state index contributed by atoms with van der Waals surface area (Å²) in [5, 5.41) is 7.27. The largest absolute Gasteiger partial charge is 0.358 e. The van der Waals surface area contributed by atoms with Gasteiger partial charge in [0, 0.05) is 35.6 Å². The fourth-order valence-electron chi connectivity index (χ4n) is 3.48. The van der Waals surface area contributed by atoms with Crippen LogP contribution in [0.15, 0.2) is 35.7 Å². The second-order valence-corrected chi connectivity index (χ2v) is 7.65. The molecule has 0 aliphatic carbocycles. The van der Waals surface area contributed by atoms with Gasteiger partial charge in [0.05, 0.1) is 17.2 Å². The summed E-state index contributed by atoms with van der Waals surface area (Å²) < 4.78 is 0. The summed E-state index contributed by atoms with van der Waals surface area (Å²) in [5.74, 6) is 0.498. The highest BCUT2D eigenvalue weighted by atomic mass is 32.1. The van der Waals surface area contributed by atoms with Gasteiger partial charge in [0.25, 0.3) is 0 Å². The van der Waals surface area contributed by atoms with Crippen LogP contribution in [0.3, 0.4) is 0 Å². The van der Waals surface area contributed by atoms with Crippen LogP contribution < -0.4 is 5.32 Å². The summed E-state index contributed by atoms with van der Waals surface area (Å²) in [5.41, 5.74) is 3.42. The molecule has 4 rings (SSSR count). The first-order chi connectivity index (χ1) is 12.2. The molecule has 6 heteroatoms. The van der Waals surface area contributed by atoms with Crippen molar-refractivity contribution in [3.05, 3.63) is 52.1 Å². The number of benzene rings is 1. The van der Waals surface area contributed by atoms with Crippen LogP contribution in [0.1, 0.15) is 35.2 Å². The number of carbonyl (C=O) groups excluding carboxylic acids is 1. The third-order valence-corrected chi connectivity index (χ3v) is 5.68. The van der Waals surface area contributed by atoms with Gasteiger partial charge < -0.3 is 15.2 Å². The van der Waals surface area contributed by atoms with Crippen molar-refractivity contribution in [3.8, 4) is 0 Å². The average molecular weight is 354 g/mol. The number of nitrogens with zero attached hydrogens (tertiary/aromatic N) is 2. The Morgan fingerprint density at radius 2 is 2.16 bits per heavy atom. The standard InChI is InChI=1S/C19H22N4OS/c1-13-21-16(12-25-13)11-20-19(24)23-8-6-14(7-9-23)18-10-15-4-2-3-5-17(15)22-18/h2-5,10,12,14,22H,6-9,11H2,1H3,(H,20,24). The zero-order chi connectivity index (χ0) is 17.2. The van der Waals surface area contributed by atoms with Crippen LogP contribution in [0.25, 0.3) is 10.9 Å². The number of piperidine rings is 1. The van der Waals surface area contributed by atoms with Gasteiger partial charge in [-0.2, -0.15) is 0 Å². The Morgan fingerprint density at radius 3 is 2.88 bits per heavy atom. The van der Waals surface area contributed by atoms with E-state index in [-0.39, 0.29) is 6.03 Å². The second kappa shape index (κ2) is 6.88. The van der Waals surface area contributed by atoms with Gasteiger partial charge in [0.2, 0.25) is 0 Å². The zero-order valence-electron chi connectivity index (χ0n) is 14.3. The maximum absolute atomic E-state index is 12.3. The molecule has 2 aromatic heterocycles. The number of carbonyl (C=O) groups is 1. The van der Waals surface area contributed by atoms with Gasteiger partial charge in [-0.3, -0.25) is 0 Å². The van der Waals surface area contributed by atoms with Crippen LogP contribution in [-0.2, 0) is 6.54 Å². The van der Waals surface area contributed by atoms with E-state index in [0.717, 1.165) is 36.6 Å². The average Bonchev–Trinajstić information content (AvgIpc) is 3.25. The molecule has 1 aromatic carbocycles. The number of aryl methyl sites for hydroxylation is 1. The fraction of sp³-hybridized carbons (Fsp3) is 0.368. The second-order valence-electron chi connectivity index (χ2n) is 6.59. The molecule has 0 atom stereocenters. The molecule has 2 amide bonds. The SMILES string of the molecule is Cc1nc(CNC(=O)N2CCC(c3cc4ccccc4[nH]3)CC2)cs1. The molecule has 0 saturated carbocycles. The van der Waals surface area contributed by atoms with Gasteiger partial charge in [-0.1, -0.05) is 18.2 Å².